The van der Waals surface area contributed by atoms with Gasteiger partial charge in [0.2, 0.25) is 0 Å². The van der Waals surface area contributed by atoms with Crippen LogP contribution >= 0.6 is 0 Å². The Balaban J connectivity index is 1.55. The summed E-state index contributed by atoms with van der Waals surface area (Å²) in [6, 6.07) is 9.96. The number of hydrogen-bond acceptors (Lipinski definition) is 4. The maximum Gasteiger partial charge on any atom is 0.408 e. The van der Waals surface area contributed by atoms with Crippen molar-refractivity contribution in [3.63, 3.8) is 0 Å². The third kappa shape index (κ3) is 4.86. The largest absolute Gasteiger partial charge is 0.493 e. The molecule has 2 aliphatic heterocycles. The quantitative estimate of drug-likeness (QED) is 0.549. The molecule has 0 saturated carbocycles. The predicted molar refractivity (Wildman–Crippen MR) is 133 cm³/mol. The number of nitrogens with zero attached hydrogens (tertiary/aromatic N) is 2. The molecule has 2 bridgehead atoms. The van der Waals surface area contributed by atoms with Gasteiger partial charge < -0.3 is 25.0 Å². The number of ether oxygens (including phenoxy) is 1. The molecule has 4 rings (SSSR count). The Morgan fingerprint density at radius 1 is 0.972 bits per heavy atom. The van der Waals surface area contributed by atoms with E-state index in [-0.39, 0.29) is 25.1 Å². The normalized spacial score (nSPS) is 19.3. The number of rotatable bonds is 6. The average molecular weight is 495 g/mol. The third-order valence-corrected chi connectivity index (χ3v) is 7.09. The minimum Gasteiger partial charge on any atom is -0.493 e. The number of amides is 2. The van der Waals surface area contributed by atoms with Crippen LogP contribution in [0, 0.1) is 20.8 Å². The van der Waals surface area contributed by atoms with Crippen LogP contribution in [-0.2, 0) is 11.2 Å². The molecule has 2 aromatic rings. The average Bonchev–Trinajstić information content (AvgIpc) is 2.81. The molecule has 1 fully saturated rings. The molecule has 0 spiro atoms. The van der Waals surface area contributed by atoms with Crippen molar-refractivity contribution in [1.29, 1.82) is 0 Å². The van der Waals surface area contributed by atoms with Crippen molar-refractivity contribution in [1.82, 2.24) is 9.80 Å². The van der Waals surface area contributed by atoms with Crippen molar-refractivity contribution < 1.29 is 34.4 Å². The van der Waals surface area contributed by atoms with E-state index < -0.39 is 30.2 Å². The Hall–Kier alpha value is -4.01. The molecule has 2 aliphatic rings. The van der Waals surface area contributed by atoms with Crippen molar-refractivity contribution in [2.24, 2.45) is 0 Å². The standard InChI is InChI=1S/C27H30N2O7/c1-15-10-16(2)17(3)23(11-15)36-9-8-18-4-6-19(7-5-18)21-12-20-13-28(26(32)33)14-22(24(21)25(30)31)29(20)27(34)35/h4-7,10-11,20,22H,8-9,12-14H2,1-3H3,(H,30,31)(H,32,33)(H,34,35)/t20-,22-/m1/s1. The summed E-state index contributed by atoms with van der Waals surface area (Å²) in [5.41, 5.74) is 5.65. The Morgan fingerprint density at radius 3 is 2.28 bits per heavy atom. The lowest BCUT2D eigenvalue weighted by atomic mass is 9.82. The maximum atomic E-state index is 12.2. The van der Waals surface area contributed by atoms with Gasteiger partial charge in [-0.25, -0.2) is 14.4 Å². The summed E-state index contributed by atoms with van der Waals surface area (Å²) >= 11 is 0. The molecule has 0 unspecified atom stereocenters. The van der Waals surface area contributed by atoms with Gasteiger partial charge in [0.15, 0.2) is 0 Å². The van der Waals surface area contributed by atoms with E-state index >= 15 is 0 Å². The van der Waals surface area contributed by atoms with Crippen molar-refractivity contribution in [2.75, 3.05) is 19.7 Å². The lowest BCUT2D eigenvalue weighted by Gasteiger charge is -2.48. The number of aryl methyl sites for hydroxylation is 2. The van der Waals surface area contributed by atoms with Crippen LogP contribution in [-0.4, -0.2) is 75.1 Å². The van der Waals surface area contributed by atoms with E-state index in [1.54, 1.807) is 0 Å². The number of aliphatic carboxylic acids is 1. The first kappa shape index (κ1) is 25.1. The highest BCUT2D eigenvalue weighted by Gasteiger charge is 2.47. The van der Waals surface area contributed by atoms with Crippen molar-refractivity contribution >= 4 is 23.7 Å². The van der Waals surface area contributed by atoms with Gasteiger partial charge in [0.05, 0.1) is 24.3 Å². The summed E-state index contributed by atoms with van der Waals surface area (Å²) in [7, 11) is 0. The van der Waals surface area contributed by atoms with Gasteiger partial charge in [0.1, 0.15) is 5.75 Å². The molecular weight excluding hydrogens is 464 g/mol. The molecule has 9 nitrogen and oxygen atoms in total. The molecule has 2 atom stereocenters. The molecule has 0 radical (unpaired) electrons. The molecule has 0 aromatic heterocycles. The predicted octanol–water partition coefficient (Wildman–Crippen LogP) is 4.19. The van der Waals surface area contributed by atoms with Crippen molar-refractivity contribution in [3.8, 4) is 5.75 Å². The first-order valence-electron chi connectivity index (χ1n) is 11.8. The Kier molecular flexibility index (Phi) is 6.92. The summed E-state index contributed by atoms with van der Waals surface area (Å²) in [5, 5.41) is 29.1. The van der Waals surface area contributed by atoms with E-state index in [2.05, 4.69) is 13.0 Å². The second kappa shape index (κ2) is 9.93. The summed E-state index contributed by atoms with van der Waals surface area (Å²) < 4.78 is 6.01. The highest BCUT2D eigenvalue weighted by atomic mass is 16.5. The Labute approximate surface area is 209 Å². The zero-order valence-electron chi connectivity index (χ0n) is 20.5. The first-order valence-corrected chi connectivity index (χ1v) is 11.8. The lowest BCUT2D eigenvalue weighted by Crippen LogP contribution is -2.64. The highest BCUT2D eigenvalue weighted by molar-refractivity contribution is 5.99. The third-order valence-electron chi connectivity index (χ3n) is 7.09. The molecule has 2 amide bonds. The van der Waals surface area contributed by atoms with Crippen LogP contribution in [0.15, 0.2) is 42.0 Å². The zero-order chi connectivity index (χ0) is 26.1. The summed E-state index contributed by atoms with van der Waals surface area (Å²) in [6.07, 6.45) is -1.64. The molecule has 3 N–H and O–H groups in total. The van der Waals surface area contributed by atoms with E-state index in [1.807, 2.05) is 44.2 Å². The van der Waals surface area contributed by atoms with E-state index in [9.17, 15) is 29.7 Å². The van der Waals surface area contributed by atoms with Gasteiger partial charge in [0.25, 0.3) is 0 Å². The highest BCUT2D eigenvalue weighted by Crippen LogP contribution is 2.38. The molecule has 1 saturated heterocycles. The topological polar surface area (TPSA) is 128 Å². The fourth-order valence-electron chi connectivity index (χ4n) is 5.20. The number of carboxylic acid groups (broad SMARTS) is 3. The van der Waals surface area contributed by atoms with E-state index in [4.69, 9.17) is 4.74 Å². The van der Waals surface area contributed by atoms with Crippen molar-refractivity contribution in [3.05, 3.63) is 69.8 Å². The van der Waals surface area contributed by atoms with Gasteiger partial charge in [-0.05, 0) is 66.6 Å². The van der Waals surface area contributed by atoms with Gasteiger partial charge in [-0.3, -0.25) is 4.90 Å². The van der Waals surface area contributed by atoms with Gasteiger partial charge >= 0.3 is 18.2 Å². The number of carbonyl (C=O) groups is 3. The lowest BCUT2D eigenvalue weighted by molar-refractivity contribution is -0.133. The van der Waals surface area contributed by atoms with Crippen LogP contribution in [0.4, 0.5) is 9.59 Å². The SMILES string of the molecule is Cc1cc(C)c(C)c(OCCc2ccc(C3=C(C(=O)O)[C@H]4CN(C(=O)O)C[C@@H](C3)N4C(=O)O)cc2)c1. The molecular formula is C27H30N2O7. The second-order valence-corrected chi connectivity index (χ2v) is 9.45. The van der Waals surface area contributed by atoms with E-state index in [0.717, 1.165) is 32.2 Å². The van der Waals surface area contributed by atoms with E-state index in [1.165, 1.54) is 5.56 Å². The summed E-state index contributed by atoms with van der Waals surface area (Å²) in [4.78, 5) is 37.9. The van der Waals surface area contributed by atoms with Crippen LogP contribution < -0.4 is 4.74 Å². The number of piperazine rings is 1. The van der Waals surface area contributed by atoms with Gasteiger partial charge in [-0.2, -0.15) is 0 Å². The summed E-state index contributed by atoms with van der Waals surface area (Å²) in [6.45, 7) is 6.41. The minimum atomic E-state index is -1.25. The molecule has 9 heteroatoms. The van der Waals surface area contributed by atoms with Crippen LogP contribution in [0.2, 0.25) is 0 Å². The van der Waals surface area contributed by atoms with Gasteiger partial charge in [-0.1, -0.05) is 30.3 Å². The van der Waals surface area contributed by atoms with E-state index in [0.29, 0.717) is 24.2 Å². The molecule has 2 heterocycles. The smallest absolute Gasteiger partial charge is 0.408 e. The number of carboxylic acids is 1. The molecule has 36 heavy (non-hydrogen) atoms. The van der Waals surface area contributed by atoms with Crippen LogP contribution in [0.3, 0.4) is 0 Å². The minimum absolute atomic E-state index is 0.00179. The fourth-order valence-corrected chi connectivity index (χ4v) is 5.20. The fraction of sp³-hybridized carbons (Fsp3) is 0.370. The Bertz CT molecular complexity index is 1240. The summed E-state index contributed by atoms with van der Waals surface area (Å²) in [5.74, 6) is -0.374. The van der Waals surface area contributed by atoms with Crippen LogP contribution in [0.25, 0.3) is 5.57 Å². The number of benzene rings is 2. The van der Waals surface area contributed by atoms with Crippen LogP contribution in [0.1, 0.15) is 34.2 Å². The van der Waals surface area contributed by atoms with Gasteiger partial charge in [-0.15, -0.1) is 0 Å². The molecule has 2 aromatic carbocycles. The first-order chi connectivity index (χ1) is 17.1. The van der Waals surface area contributed by atoms with Crippen LogP contribution in [0.5, 0.6) is 5.75 Å². The van der Waals surface area contributed by atoms with Crippen molar-refractivity contribution in [2.45, 2.75) is 45.7 Å². The second-order valence-electron chi connectivity index (χ2n) is 9.45. The molecule has 190 valence electrons. The van der Waals surface area contributed by atoms with Gasteiger partial charge in [0, 0.05) is 19.5 Å². The number of fused-ring (bicyclic) bond motifs is 2. The zero-order valence-corrected chi connectivity index (χ0v) is 20.5. The number of hydrogen-bond donors (Lipinski definition) is 3. The maximum absolute atomic E-state index is 12.2. The molecule has 0 aliphatic carbocycles. The monoisotopic (exact) mass is 494 g/mol. The Morgan fingerprint density at radius 2 is 1.67 bits per heavy atom.